The maximum Gasteiger partial charge on any atom is 0.326 e. The molecule has 4 amide bonds. The Balaban J connectivity index is 2.10. The molecule has 0 aromatic carbocycles. The van der Waals surface area contributed by atoms with E-state index in [0.29, 0.717) is 25.0 Å². The monoisotopic (exact) mass is 536 g/mol. The maximum absolute atomic E-state index is 13.5. The second-order valence-corrected chi connectivity index (χ2v) is 9.01. The molecule has 0 spiro atoms. The van der Waals surface area contributed by atoms with Gasteiger partial charge in [-0.05, 0) is 32.1 Å². The van der Waals surface area contributed by atoms with Gasteiger partial charge in [0.2, 0.25) is 23.6 Å². The Morgan fingerprint density at radius 1 is 1.18 bits per heavy atom. The summed E-state index contributed by atoms with van der Waals surface area (Å²) in [5.74, 6) is -4.04. The highest BCUT2D eigenvalue weighted by Crippen LogP contribution is 2.20. The smallest absolute Gasteiger partial charge is 0.326 e. The third kappa shape index (κ3) is 9.34. The molecule has 0 unspecified atom stereocenters. The van der Waals surface area contributed by atoms with Crippen molar-refractivity contribution in [2.24, 2.45) is 17.2 Å². The van der Waals surface area contributed by atoms with Crippen molar-refractivity contribution in [2.75, 3.05) is 13.1 Å². The number of aliphatic carboxylic acids is 1. The van der Waals surface area contributed by atoms with Gasteiger partial charge in [0.1, 0.15) is 18.1 Å². The molecule has 16 heteroatoms. The number of nitrogens with zero attached hydrogens (tertiary/aromatic N) is 2. The first-order valence-electron chi connectivity index (χ1n) is 12.2. The minimum atomic E-state index is -1.35. The van der Waals surface area contributed by atoms with Gasteiger partial charge in [0.15, 0.2) is 5.96 Å². The third-order valence-electron chi connectivity index (χ3n) is 6.05. The first-order chi connectivity index (χ1) is 18.0. The summed E-state index contributed by atoms with van der Waals surface area (Å²) in [4.78, 5) is 70.0. The normalized spacial score (nSPS) is 17.2. The first-order valence-corrected chi connectivity index (χ1v) is 12.2. The molecule has 16 nitrogen and oxygen atoms in total. The number of H-pyrrole nitrogens is 1. The van der Waals surface area contributed by atoms with Gasteiger partial charge in [0.05, 0.1) is 18.1 Å². The molecular formula is C22H36N10O6. The quantitative estimate of drug-likeness (QED) is 0.0616. The number of carboxylic acids is 1. The molecule has 0 bridgehead atoms. The number of nitrogens with two attached hydrogens (primary N) is 3. The highest BCUT2D eigenvalue weighted by atomic mass is 16.4. The summed E-state index contributed by atoms with van der Waals surface area (Å²) in [5, 5.41) is 24.3. The Hall–Kier alpha value is -4.21. The number of aromatic nitrogens is 2. The molecule has 2 rings (SSSR count). The van der Waals surface area contributed by atoms with E-state index in [4.69, 9.17) is 22.6 Å². The van der Waals surface area contributed by atoms with E-state index in [1.54, 1.807) is 6.20 Å². The number of carbonyl (C=O) groups is 5. The molecule has 12 N–H and O–H groups in total. The zero-order valence-corrected chi connectivity index (χ0v) is 20.9. The number of imidazole rings is 1. The lowest BCUT2D eigenvalue weighted by atomic mass is 10.1. The number of carbonyl (C=O) groups excluding carboxylic acids is 4. The number of nitrogens with one attached hydrogen (secondary N) is 5. The van der Waals surface area contributed by atoms with Crippen molar-refractivity contribution in [1.82, 2.24) is 30.8 Å². The molecular weight excluding hydrogens is 500 g/mol. The van der Waals surface area contributed by atoms with Crippen LogP contribution in [0.5, 0.6) is 0 Å². The van der Waals surface area contributed by atoms with Crippen LogP contribution >= 0.6 is 0 Å². The lowest BCUT2D eigenvalue weighted by Crippen LogP contribution is -2.57. The van der Waals surface area contributed by atoms with Crippen molar-refractivity contribution >= 4 is 35.6 Å². The zero-order valence-electron chi connectivity index (χ0n) is 20.9. The van der Waals surface area contributed by atoms with E-state index in [-0.39, 0.29) is 44.7 Å². The summed E-state index contributed by atoms with van der Waals surface area (Å²) in [6, 6.07) is -4.31. The lowest BCUT2D eigenvalue weighted by Gasteiger charge is -2.30. The van der Waals surface area contributed by atoms with E-state index in [1.165, 1.54) is 11.2 Å². The highest BCUT2D eigenvalue weighted by Gasteiger charge is 2.39. The minimum absolute atomic E-state index is 0.138. The van der Waals surface area contributed by atoms with Gasteiger partial charge in [-0.3, -0.25) is 24.6 Å². The second kappa shape index (κ2) is 14.5. The molecule has 1 fully saturated rings. The molecule has 1 saturated heterocycles. The van der Waals surface area contributed by atoms with E-state index in [2.05, 4.69) is 25.9 Å². The van der Waals surface area contributed by atoms with Gasteiger partial charge >= 0.3 is 5.97 Å². The van der Waals surface area contributed by atoms with E-state index >= 15 is 0 Å². The number of guanidine groups is 1. The van der Waals surface area contributed by atoms with Gasteiger partial charge in [-0.25, -0.2) is 9.78 Å². The Kier molecular flexibility index (Phi) is 11.5. The fraction of sp³-hybridized carbons (Fsp3) is 0.591. The van der Waals surface area contributed by atoms with Crippen LogP contribution in [0.25, 0.3) is 0 Å². The van der Waals surface area contributed by atoms with Gasteiger partial charge in [0, 0.05) is 32.1 Å². The summed E-state index contributed by atoms with van der Waals surface area (Å²) < 4.78 is 0. The average molecular weight is 537 g/mol. The number of likely N-dealkylation sites (tertiary alicyclic amines) is 1. The predicted molar refractivity (Wildman–Crippen MR) is 134 cm³/mol. The fourth-order valence-electron chi connectivity index (χ4n) is 4.10. The Bertz CT molecular complexity index is 1000. The highest BCUT2D eigenvalue weighted by molar-refractivity contribution is 5.94. The fourth-order valence-corrected chi connectivity index (χ4v) is 4.10. The number of hydrogen-bond donors (Lipinski definition) is 9. The van der Waals surface area contributed by atoms with E-state index in [0.717, 1.165) is 0 Å². The first kappa shape index (κ1) is 30.0. The number of hydrogen-bond acceptors (Lipinski definition) is 8. The van der Waals surface area contributed by atoms with Crippen LogP contribution in [0.3, 0.4) is 0 Å². The third-order valence-corrected chi connectivity index (χ3v) is 6.05. The van der Waals surface area contributed by atoms with E-state index in [9.17, 15) is 29.1 Å². The van der Waals surface area contributed by atoms with Crippen LogP contribution in [0.2, 0.25) is 0 Å². The molecule has 1 aromatic rings. The number of rotatable bonds is 15. The lowest BCUT2D eigenvalue weighted by molar-refractivity contribution is -0.145. The number of primary amides is 1. The van der Waals surface area contributed by atoms with Crippen molar-refractivity contribution in [2.45, 2.75) is 69.1 Å². The zero-order chi connectivity index (χ0) is 28.2. The minimum Gasteiger partial charge on any atom is -0.480 e. The van der Waals surface area contributed by atoms with Crippen molar-refractivity contribution in [3.05, 3.63) is 18.2 Å². The number of amides is 4. The summed E-state index contributed by atoms with van der Waals surface area (Å²) in [5.41, 5.74) is 17.0. The van der Waals surface area contributed by atoms with Crippen LogP contribution in [-0.4, -0.2) is 92.8 Å². The Morgan fingerprint density at radius 2 is 1.92 bits per heavy atom. The van der Waals surface area contributed by atoms with Crippen molar-refractivity contribution in [3.63, 3.8) is 0 Å². The largest absolute Gasteiger partial charge is 0.480 e. The molecule has 2 heterocycles. The maximum atomic E-state index is 13.5. The average Bonchev–Trinajstić information content (AvgIpc) is 3.54. The molecule has 0 radical (unpaired) electrons. The summed E-state index contributed by atoms with van der Waals surface area (Å²) in [6.45, 7) is 0.506. The van der Waals surface area contributed by atoms with Crippen LogP contribution in [-0.2, 0) is 30.4 Å². The van der Waals surface area contributed by atoms with Gasteiger partial charge in [-0.1, -0.05) is 0 Å². The number of aromatic amines is 1. The molecule has 1 aliphatic rings. The van der Waals surface area contributed by atoms with Crippen LogP contribution in [0.4, 0.5) is 0 Å². The Labute approximate surface area is 219 Å². The van der Waals surface area contributed by atoms with Gasteiger partial charge in [0.25, 0.3) is 0 Å². The van der Waals surface area contributed by atoms with Crippen LogP contribution < -0.4 is 33.2 Å². The Morgan fingerprint density at radius 3 is 2.53 bits per heavy atom. The molecule has 38 heavy (non-hydrogen) atoms. The topological polar surface area (TPSA) is 276 Å². The summed E-state index contributed by atoms with van der Waals surface area (Å²) in [6.07, 6.45) is 4.10. The molecule has 1 aromatic heterocycles. The van der Waals surface area contributed by atoms with Crippen molar-refractivity contribution in [3.8, 4) is 0 Å². The van der Waals surface area contributed by atoms with Crippen LogP contribution in [0.1, 0.15) is 44.2 Å². The summed E-state index contributed by atoms with van der Waals surface area (Å²) in [7, 11) is 0. The molecule has 1 aliphatic heterocycles. The standard InChI is InChI=1S/C22H36N10O6/c23-13(9-12-10-27-11-29-12)18(34)30-14(3-1-7-28-22(25)26)20(36)32-8-2-4-16(32)19(35)31-15(21(37)38)5-6-17(24)33/h10-11,13-16H,1-9,23H2,(H2,24,33)(H,27,29)(H,30,34)(H,31,35)(H,37,38)(H4,25,26,28)/t13-,14-,15-,16-/m0/s1. The van der Waals surface area contributed by atoms with Gasteiger partial charge in [-0.2, -0.15) is 0 Å². The predicted octanol–water partition coefficient (Wildman–Crippen LogP) is -3.15. The van der Waals surface area contributed by atoms with Crippen LogP contribution in [0, 0.1) is 5.41 Å². The molecule has 0 aliphatic carbocycles. The van der Waals surface area contributed by atoms with Crippen molar-refractivity contribution < 1.29 is 29.1 Å². The molecule has 0 saturated carbocycles. The van der Waals surface area contributed by atoms with Gasteiger partial charge in [-0.15, -0.1) is 0 Å². The van der Waals surface area contributed by atoms with Crippen molar-refractivity contribution in [1.29, 1.82) is 5.41 Å². The van der Waals surface area contributed by atoms with E-state index in [1.807, 2.05) is 0 Å². The van der Waals surface area contributed by atoms with E-state index < -0.39 is 53.8 Å². The SMILES string of the molecule is N=C(N)NCCC[C@H](NC(=O)[C@@H](N)Cc1c[nH]cn1)C(=O)N1CCC[C@H]1C(=O)N[C@@H](CCC(N)=O)C(=O)O. The summed E-state index contributed by atoms with van der Waals surface area (Å²) >= 11 is 0. The van der Waals surface area contributed by atoms with Gasteiger partial charge < -0.3 is 48.1 Å². The second-order valence-electron chi connectivity index (χ2n) is 9.01. The van der Waals surface area contributed by atoms with Crippen LogP contribution in [0.15, 0.2) is 12.5 Å². The molecule has 4 atom stereocenters. The number of carboxylic acid groups (broad SMARTS) is 1. The molecule has 210 valence electrons.